The zero-order valence-electron chi connectivity index (χ0n) is 9.74. The molecule has 3 nitrogen and oxygen atoms in total. The third kappa shape index (κ3) is 9.47. The lowest BCUT2D eigenvalue weighted by Crippen LogP contribution is -2.05. The number of carbonyl (C=O) groups is 1. The van der Waals surface area contributed by atoms with E-state index in [0.29, 0.717) is 6.61 Å². The molecule has 0 aliphatic rings. The maximum Gasteiger partial charge on any atom is 0.330 e. The lowest BCUT2D eigenvalue weighted by atomic mass is 10.1. The first-order valence-electron chi connectivity index (χ1n) is 5.73. The first kappa shape index (κ1) is 14.2. The summed E-state index contributed by atoms with van der Waals surface area (Å²) in [4.78, 5) is 10.9. The van der Waals surface area contributed by atoms with Gasteiger partial charge in [0.15, 0.2) is 0 Å². The molecule has 0 rings (SSSR count). The van der Waals surface area contributed by atoms with Gasteiger partial charge in [0.2, 0.25) is 0 Å². The standard InChI is InChI=1S/C12H22O3/c1-3-5-6-7-8-11(13)9-10-12(14)15-4-2/h9-11,13H,3-8H2,1-2H3. The summed E-state index contributed by atoms with van der Waals surface area (Å²) >= 11 is 0. The number of unbranched alkanes of at least 4 members (excludes halogenated alkanes) is 3. The fraction of sp³-hybridized carbons (Fsp3) is 0.750. The minimum absolute atomic E-state index is 0.371. The number of hydrogen-bond donors (Lipinski definition) is 1. The molecule has 1 unspecified atom stereocenters. The summed E-state index contributed by atoms with van der Waals surface area (Å²) in [6.45, 7) is 4.28. The van der Waals surface area contributed by atoms with Crippen molar-refractivity contribution in [2.45, 2.75) is 52.1 Å². The van der Waals surface area contributed by atoms with E-state index in [-0.39, 0.29) is 5.97 Å². The Labute approximate surface area is 92.1 Å². The molecular weight excluding hydrogens is 192 g/mol. The van der Waals surface area contributed by atoms with E-state index >= 15 is 0 Å². The lowest BCUT2D eigenvalue weighted by molar-refractivity contribution is -0.137. The van der Waals surface area contributed by atoms with Crippen LogP contribution in [0.1, 0.15) is 46.0 Å². The van der Waals surface area contributed by atoms with Crippen molar-refractivity contribution in [3.63, 3.8) is 0 Å². The number of rotatable bonds is 8. The van der Waals surface area contributed by atoms with Gasteiger partial charge >= 0.3 is 5.97 Å². The van der Waals surface area contributed by atoms with Crippen LogP contribution in [0.3, 0.4) is 0 Å². The van der Waals surface area contributed by atoms with Crippen LogP contribution in [0.2, 0.25) is 0 Å². The maximum absolute atomic E-state index is 10.9. The smallest absolute Gasteiger partial charge is 0.330 e. The van der Waals surface area contributed by atoms with Gasteiger partial charge in [-0.15, -0.1) is 0 Å². The van der Waals surface area contributed by atoms with Crippen molar-refractivity contribution >= 4 is 5.97 Å². The number of esters is 1. The molecule has 88 valence electrons. The molecule has 0 aromatic rings. The van der Waals surface area contributed by atoms with Gasteiger partial charge in [-0.25, -0.2) is 4.79 Å². The largest absolute Gasteiger partial charge is 0.463 e. The van der Waals surface area contributed by atoms with E-state index in [1.165, 1.54) is 25.0 Å². The van der Waals surface area contributed by atoms with E-state index in [0.717, 1.165) is 19.3 Å². The molecule has 0 saturated heterocycles. The van der Waals surface area contributed by atoms with Crippen LogP contribution in [0.15, 0.2) is 12.2 Å². The molecular formula is C12H22O3. The van der Waals surface area contributed by atoms with Gasteiger partial charge < -0.3 is 9.84 Å². The SMILES string of the molecule is CCCCCCC(O)C=CC(=O)OCC. The van der Waals surface area contributed by atoms with Gasteiger partial charge in [0.05, 0.1) is 12.7 Å². The summed E-state index contributed by atoms with van der Waals surface area (Å²) in [5, 5.41) is 9.47. The predicted molar refractivity (Wildman–Crippen MR) is 60.5 cm³/mol. The monoisotopic (exact) mass is 214 g/mol. The first-order chi connectivity index (χ1) is 7.20. The number of ether oxygens (including phenoxy) is 1. The minimum Gasteiger partial charge on any atom is -0.463 e. The summed E-state index contributed by atoms with van der Waals surface area (Å²) in [7, 11) is 0. The van der Waals surface area contributed by atoms with Gasteiger partial charge in [-0.2, -0.15) is 0 Å². The molecule has 0 aromatic carbocycles. The summed E-state index contributed by atoms with van der Waals surface area (Å²) in [6.07, 6.45) is 7.53. The average Bonchev–Trinajstić information content (AvgIpc) is 2.22. The zero-order valence-corrected chi connectivity index (χ0v) is 9.74. The Bertz CT molecular complexity index is 187. The van der Waals surface area contributed by atoms with E-state index in [1.54, 1.807) is 6.92 Å². The molecule has 0 aliphatic heterocycles. The van der Waals surface area contributed by atoms with Gasteiger partial charge in [0.25, 0.3) is 0 Å². The van der Waals surface area contributed by atoms with Gasteiger partial charge in [-0.1, -0.05) is 32.6 Å². The van der Waals surface area contributed by atoms with Crippen molar-refractivity contribution in [2.24, 2.45) is 0 Å². The second kappa shape index (κ2) is 9.71. The Morgan fingerprint density at radius 3 is 2.67 bits per heavy atom. The molecule has 0 fully saturated rings. The van der Waals surface area contributed by atoms with Crippen LogP contribution in [0, 0.1) is 0 Å². The van der Waals surface area contributed by atoms with Gasteiger partial charge in [-0.05, 0) is 19.4 Å². The molecule has 0 heterocycles. The fourth-order valence-corrected chi connectivity index (χ4v) is 1.26. The molecule has 0 aliphatic carbocycles. The van der Waals surface area contributed by atoms with Crippen LogP contribution in [0.4, 0.5) is 0 Å². The van der Waals surface area contributed by atoms with Crippen molar-refractivity contribution in [1.29, 1.82) is 0 Å². The van der Waals surface area contributed by atoms with E-state index in [4.69, 9.17) is 4.74 Å². The van der Waals surface area contributed by atoms with E-state index in [2.05, 4.69) is 6.92 Å². The third-order valence-corrected chi connectivity index (χ3v) is 2.09. The van der Waals surface area contributed by atoms with E-state index < -0.39 is 6.10 Å². The van der Waals surface area contributed by atoms with Crippen LogP contribution in [0.5, 0.6) is 0 Å². The first-order valence-corrected chi connectivity index (χ1v) is 5.73. The second-order valence-corrected chi connectivity index (χ2v) is 3.53. The van der Waals surface area contributed by atoms with Crippen molar-refractivity contribution in [3.05, 3.63) is 12.2 Å². The second-order valence-electron chi connectivity index (χ2n) is 3.53. The van der Waals surface area contributed by atoms with Crippen molar-refractivity contribution in [3.8, 4) is 0 Å². The van der Waals surface area contributed by atoms with Crippen molar-refractivity contribution < 1.29 is 14.6 Å². The lowest BCUT2D eigenvalue weighted by Gasteiger charge is -2.04. The van der Waals surface area contributed by atoms with Crippen LogP contribution in [0.25, 0.3) is 0 Å². The summed E-state index contributed by atoms with van der Waals surface area (Å²) in [6, 6.07) is 0. The van der Waals surface area contributed by atoms with Crippen LogP contribution in [-0.2, 0) is 9.53 Å². The molecule has 1 atom stereocenters. The normalized spacial score (nSPS) is 13.0. The molecule has 0 saturated carbocycles. The van der Waals surface area contributed by atoms with Crippen molar-refractivity contribution in [1.82, 2.24) is 0 Å². The van der Waals surface area contributed by atoms with Crippen LogP contribution >= 0.6 is 0 Å². The number of hydrogen-bond acceptors (Lipinski definition) is 3. The molecule has 3 heteroatoms. The highest BCUT2D eigenvalue weighted by Gasteiger charge is 2.00. The number of aliphatic hydroxyl groups is 1. The van der Waals surface area contributed by atoms with E-state index in [1.807, 2.05) is 0 Å². The zero-order chi connectivity index (χ0) is 11.5. The summed E-state index contributed by atoms with van der Waals surface area (Å²) in [5.41, 5.74) is 0. The molecule has 0 bridgehead atoms. The average molecular weight is 214 g/mol. The van der Waals surface area contributed by atoms with Crippen LogP contribution < -0.4 is 0 Å². The Hall–Kier alpha value is -0.830. The summed E-state index contributed by atoms with van der Waals surface area (Å²) in [5.74, 6) is -0.384. The minimum atomic E-state index is -0.522. The van der Waals surface area contributed by atoms with Gasteiger partial charge in [0.1, 0.15) is 0 Å². The number of aliphatic hydroxyl groups excluding tert-OH is 1. The highest BCUT2D eigenvalue weighted by atomic mass is 16.5. The summed E-state index contributed by atoms with van der Waals surface area (Å²) < 4.78 is 4.70. The quantitative estimate of drug-likeness (QED) is 0.383. The molecule has 15 heavy (non-hydrogen) atoms. The fourth-order valence-electron chi connectivity index (χ4n) is 1.26. The highest BCUT2D eigenvalue weighted by molar-refractivity contribution is 5.81. The molecule has 0 amide bonds. The molecule has 0 aromatic heterocycles. The molecule has 0 spiro atoms. The van der Waals surface area contributed by atoms with Crippen LogP contribution in [-0.4, -0.2) is 23.8 Å². The van der Waals surface area contributed by atoms with Gasteiger partial charge in [-0.3, -0.25) is 0 Å². The topological polar surface area (TPSA) is 46.5 Å². The Morgan fingerprint density at radius 2 is 2.07 bits per heavy atom. The number of carbonyl (C=O) groups excluding carboxylic acids is 1. The third-order valence-electron chi connectivity index (χ3n) is 2.09. The Morgan fingerprint density at radius 1 is 1.33 bits per heavy atom. The molecule has 0 radical (unpaired) electrons. The maximum atomic E-state index is 10.9. The van der Waals surface area contributed by atoms with Gasteiger partial charge in [0, 0.05) is 6.08 Å². The predicted octanol–water partition coefficient (Wildman–Crippen LogP) is 2.44. The highest BCUT2D eigenvalue weighted by Crippen LogP contribution is 2.06. The Balaban J connectivity index is 3.54. The Kier molecular flexibility index (Phi) is 9.18. The molecule has 1 N–H and O–H groups in total. The van der Waals surface area contributed by atoms with Crippen molar-refractivity contribution in [2.75, 3.05) is 6.61 Å². The van der Waals surface area contributed by atoms with E-state index in [9.17, 15) is 9.90 Å².